The average molecular weight is 553 g/mol. The summed E-state index contributed by atoms with van der Waals surface area (Å²) in [5.74, 6) is -1.35. The van der Waals surface area contributed by atoms with E-state index in [1.807, 2.05) is 58.0 Å². The number of halogens is 2. The Balaban J connectivity index is 1.92. The van der Waals surface area contributed by atoms with Gasteiger partial charge in [-0.05, 0) is 41.5 Å². The average Bonchev–Trinajstić information content (AvgIpc) is 2.86. The summed E-state index contributed by atoms with van der Waals surface area (Å²) in [5.41, 5.74) is 7.96. The zero-order chi connectivity index (χ0) is 27.5. The first-order valence-electron chi connectivity index (χ1n) is 12.6. The maximum absolute atomic E-state index is 13.2. The summed E-state index contributed by atoms with van der Waals surface area (Å²) in [5, 5.41) is 17.3. The number of amides is 2. The molecule has 2 aromatic carbocycles. The molecule has 0 saturated carbocycles. The van der Waals surface area contributed by atoms with Gasteiger partial charge in [0.05, 0.1) is 35.4 Å². The monoisotopic (exact) mass is 551 g/mol. The second-order valence-electron chi connectivity index (χ2n) is 10.0. The summed E-state index contributed by atoms with van der Waals surface area (Å²) < 4.78 is 5.66. The molecule has 1 unspecified atom stereocenters. The molecule has 2 rings (SSSR count). The molecule has 0 aromatic heterocycles. The lowest BCUT2D eigenvalue weighted by atomic mass is 9.87. The number of rotatable bonds is 14. The van der Waals surface area contributed by atoms with E-state index in [9.17, 15) is 14.7 Å². The van der Waals surface area contributed by atoms with Crippen LogP contribution in [0.4, 0.5) is 0 Å². The third-order valence-corrected chi connectivity index (χ3v) is 6.99. The molecule has 0 aliphatic carbocycles. The lowest BCUT2D eigenvalue weighted by Crippen LogP contribution is -2.52. The van der Waals surface area contributed by atoms with Gasteiger partial charge in [-0.3, -0.25) is 9.59 Å². The number of ether oxygens (including phenoxy) is 1. The van der Waals surface area contributed by atoms with Crippen LogP contribution in [0.1, 0.15) is 45.2 Å². The number of hydrogen-bond acceptors (Lipinski definition) is 5. The second kappa shape index (κ2) is 15.3. The van der Waals surface area contributed by atoms with Crippen LogP contribution < -0.4 is 16.4 Å². The van der Waals surface area contributed by atoms with Gasteiger partial charge in [0.2, 0.25) is 11.8 Å². The lowest BCUT2D eigenvalue weighted by Gasteiger charge is -2.29. The van der Waals surface area contributed by atoms with Crippen LogP contribution in [0, 0.1) is 17.8 Å². The Hall–Kier alpha value is -2.16. The van der Waals surface area contributed by atoms with Crippen LogP contribution in [0.2, 0.25) is 10.0 Å². The molecule has 0 aliphatic heterocycles. The number of hydrogen-bond donors (Lipinski definition) is 4. The van der Waals surface area contributed by atoms with E-state index in [-0.39, 0.29) is 43.2 Å². The number of carbonyl (C=O) groups excluding carboxylic acids is 2. The van der Waals surface area contributed by atoms with Crippen molar-refractivity contribution in [1.29, 1.82) is 0 Å². The third-order valence-electron chi connectivity index (χ3n) is 6.25. The largest absolute Gasteiger partial charge is 0.391 e. The minimum absolute atomic E-state index is 0.0702. The zero-order valence-electron chi connectivity index (χ0n) is 21.9. The Morgan fingerprint density at radius 3 is 2.22 bits per heavy atom. The first-order valence-corrected chi connectivity index (χ1v) is 13.3. The summed E-state index contributed by atoms with van der Waals surface area (Å²) in [6.45, 7) is 8.34. The van der Waals surface area contributed by atoms with Gasteiger partial charge in [0.15, 0.2) is 0 Å². The molecule has 4 atom stereocenters. The van der Waals surface area contributed by atoms with Gasteiger partial charge in [-0.15, -0.1) is 0 Å². The smallest absolute Gasteiger partial charge is 0.243 e. The van der Waals surface area contributed by atoms with Gasteiger partial charge in [0.1, 0.15) is 6.04 Å². The molecule has 0 radical (unpaired) electrons. The molecule has 2 amide bonds. The Morgan fingerprint density at radius 1 is 0.946 bits per heavy atom. The highest BCUT2D eigenvalue weighted by molar-refractivity contribution is 6.42. The van der Waals surface area contributed by atoms with E-state index in [4.69, 9.17) is 33.7 Å². The molecule has 9 heteroatoms. The van der Waals surface area contributed by atoms with Crippen LogP contribution in [0.3, 0.4) is 0 Å². The highest BCUT2D eigenvalue weighted by atomic mass is 35.5. The van der Waals surface area contributed by atoms with E-state index < -0.39 is 24.1 Å². The van der Waals surface area contributed by atoms with Gasteiger partial charge in [-0.1, -0.05) is 87.3 Å². The number of aliphatic hydroxyl groups excluding tert-OH is 1. The summed E-state index contributed by atoms with van der Waals surface area (Å²) in [6.07, 6.45) is -0.773. The molecule has 37 heavy (non-hydrogen) atoms. The first kappa shape index (κ1) is 31.1. The molecular formula is C28H39Cl2N3O4. The Kier molecular flexibility index (Phi) is 12.8. The van der Waals surface area contributed by atoms with Crippen LogP contribution in [0.15, 0.2) is 48.5 Å². The third kappa shape index (κ3) is 10.3. The molecule has 7 nitrogen and oxygen atoms in total. The fourth-order valence-electron chi connectivity index (χ4n) is 3.86. The summed E-state index contributed by atoms with van der Waals surface area (Å²) in [7, 11) is 0. The van der Waals surface area contributed by atoms with Crippen molar-refractivity contribution >= 4 is 35.0 Å². The molecule has 0 spiro atoms. The maximum atomic E-state index is 13.2. The van der Waals surface area contributed by atoms with Gasteiger partial charge >= 0.3 is 0 Å². The summed E-state index contributed by atoms with van der Waals surface area (Å²) >= 11 is 12.0. The Morgan fingerprint density at radius 2 is 1.62 bits per heavy atom. The molecule has 0 fully saturated rings. The molecule has 204 valence electrons. The molecule has 5 N–H and O–H groups in total. The van der Waals surface area contributed by atoms with E-state index in [1.54, 1.807) is 18.2 Å². The van der Waals surface area contributed by atoms with Crippen molar-refractivity contribution in [2.75, 3.05) is 6.61 Å². The van der Waals surface area contributed by atoms with Crippen LogP contribution in [0.25, 0.3) is 0 Å². The van der Waals surface area contributed by atoms with Crippen molar-refractivity contribution in [3.8, 4) is 0 Å². The van der Waals surface area contributed by atoms with Crippen LogP contribution in [-0.2, 0) is 27.5 Å². The van der Waals surface area contributed by atoms with Crippen molar-refractivity contribution < 1.29 is 19.4 Å². The molecule has 0 saturated heterocycles. The normalized spacial score (nSPS) is 14.8. The topological polar surface area (TPSA) is 114 Å². The van der Waals surface area contributed by atoms with Gasteiger partial charge in [0, 0.05) is 12.5 Å². The molecule has 2 aromatic rings. The quantitative estimate of drug-likeness (QED) is 0.279. The van der Waals surface area contributed by atoms with Gasteiger partial charge in [-0.25, -0.2) is 0 Å². The standard InChI is InChI=1S/C28H39Cl2N3O4/c1-17(2)21(13-25(34)24(31)16-37-15-19-8-6-5-7-9-19)27(35)33-26(18(3)4)28(36)32-14-20-10-11-22(29)23(30)12-20/h5-12,17-18,21,24-26,34H,13-16,31H2,1-4H3,(H,32,36)(H,33,35)/t21-,24?,25-,26-/m0/s1. The van der Waals surface area contributed by atoms with E-state index in [2.05, 4.69) is 10.6 Å². The number of nitrogens with one attached hydrogen (secondary N) is 2. The minimum Gasteiger partial charge on any atom is -0.391 e. The molecule has 0 heterocycles. The van der Waals surface area contributed by atoms with E-state index >= 15 is 0 Å². The fourth-order valence-corrected chi connectivity index (χ4v) is 4.18. The van der Waals surface area contributed by atoms with Gasteiger partial charge in [0.25, 0.3) is 0 Å². The van der Waals surface area contributed by atoms with Crippen LogP contribution in [0.5, 0.6) is 0 Å². The fraction of sp³-hybridized carbons (Fsp3) is 0.500. The van der Waals surface area contributed by atoms with E-state index in [1.165, 1.54) is 0 Å². The lowest BCUT2D eigenvalue weighted by molar-refractivity contribution is -0.134. The van der Waals surface area contributed by atoms with Crippen molar-refractivity contribution in [3.05, 3.63) is 69.7 Å². The molecule has 0 bridgehead atoms. The highest BCUT2D eigenvalue weighted by Gasteiger charge is 2.32. The Labute approximate surface area is 230 Å². The SMILES string of the molecule is CC(C)[C@H](C[C@H](O)C(N)COCc1ccccc1)C(=O)N[C@H](C(=O)NCc1ccc(Cl)c(Cl)c1)C(C)C. The van der Waals surface area contributed by atoms with Crippen molar-refractivity contribution in [1.82, 2.24) is 10.6 Å². The van der Waals surface area contributed by atoms with Crippen molar-refractivity contribution in [2.45, 2.75) is 65.5 Å². The number of benzene rings is 2. The van der Waals surface area contributed by atoms with Gasteiger partial charge in [-0.2, -0.15) is 0 Å². The minimum atomic E-state index is -0.935. The van der Waals surface area contributed by atoms with E-state index in [0.717, 1.165) is 11.1 Å². The number of aliphatic hydroxyl groups is 1. The van der Waals surface area contributed by atoms with Crippen LogP contribution in [-0.4, -0.2) is 41.7 Å². The summed E-state index contributed by atoms with van der Waals surface area (Å²) in [4.78, 5) is 26.1. The van der Waals surface area contributed by atoms with Crippen LogP contribution >= 0.6 is 23.2 Å². The van der Waals surface area contributed by atoms with E-state index in [0.29, 0.717) is 16.7 Å². The predicted octanol–water partition coefficient (Wildman–Crippen LogP) is 4.32. The number of nitrogens with two attached hydrogens (primary N) is 1. The molecule has 0 aliphatic rings. The van der Waals surface area contributed by atoms with Crippen molar-refractivity contribution in [2.24, 2.45) is 23.5 Å². The highest BCUT2D eigenvalue weighted by Crippen LogP contribution is 2.23. The molecular weight excluding hydrogens is 513 g/mol. The number of carbonyl (C=O) groups is 2. The van der Waals surface area contributed by atoms with Gasteiger partial charge < -0.3 is 26.2 Å². The maximum Gasteiger partial charge on any atom is 0.243 e. The predicted molar refractivity (Wildman–Crippen MR) is 148 cm³/mol. The zero-order valence-corrected chi connectivity index (χ0v) is 23.4. The summed E-state index contributed by atoms with van der Waals surface area (Å²) in [6, 6.07) is 13.4. The van der Waals surface area contributed by atoms with Crippen molar-refractivity contribution in [3.63, 3.8) is 0 Å². The first-order chi connectivity index (χ1) is 17.5. The Bertz CT molecular complexity index is 1000. The second-order valence-corrected chi connectivity index (χ2v) is 10.8.